The van der Waals surface area contributed by atoms with Crippen LogP contribution in [0.2, 0.25) is 0 Å². The molecule has 3 amide bonds. The summed E-state index contributed by atoms with van der Waals surface area (Å²) in [5.74, 6) is -0.216. The number of hydrogen-bond donors (Lipinski definition) is 2. The van der Waals surface area contributed by atoms with Gasteiger partial charge in [-0.3, -0.25) is 4.79 Å². The number of nitrogens with zero attached hydrogens (tertiary/aromatic N) is 2. The molecule has 1 aromatic rings. The van der Waals surface area contributed by atoms with Crippen LogP contribution in [-0.2, 0) is 4.79 Å². The first-order valence-electron chi connectivity index (χ1n) is 9.34. The fourth-order valence-electron chi connectivity index (χ4n) is 3.79. The fraction of sp³-hybridized carbons (Fsp3) is 0.579. The van der Waals surface area contributed by atoms with Gasteiger partial charge < -0.3 is 20.9 Å². The molecule has 1 atom stereocenters. The average Bonchev–Trinajstić information content (AvgIpc) is 2.91. The predicted molar refractivity (Wildman–Crippen MR) is 99.6 cm³/mol. The number of nitrogens with one attached hydrogen (secondary N) is 1. The maximum atomic E-state index is 12.7. The second-order valence-corrected chi connectivity index (χ2v) is 7.03. The van der Waals surface area contributed by atoms with Gasteiger partial charge in [0.2, 0.25) is 5.91 Å². The second kappa shape index (κ2) is 8.23. The third kappa shape index (κ3) is 4.44. The van der Waals surface area contributed by atoms with Gasteiger partial charge in [0.15, 0.2) is 0 Å². The molecule has 0 saturated carbocycles. The zero-order valence-corrected chi connectivity index (χ0v) is 14.7. The van der Waals surface area contributed by atoms with E-state index in [0.29, 0.717) is 13.1 Å². The van der Waals surface area contributed by atoms with Crippen LogP contribution in [0.1, 0.15) is 38.5 Å². The minimum atomic E-state index is -0.442. The minimum absolute atomic E-state index is 0.0202. The summed E-state index contributed by atoms with van der Waals surface area (Å²) in [6.45, 7) is 3.12. The Bertz CT molecular complexity index is 611. The maximum absolute atomic E-state index is 12.7. The van der Waals surface area contributed by atoms with Gasteiger partial charge in [-0.25, -0.2) is 4.79 Å². The number of hydrogen-bond acceptors (Lipinski definition) is 3. The van der Waals surface area contributed by atoms with Crippen molar-refractivity contribution in [3.05, 3.63) is 24.3 Å². The van der Waals surface area contributed by atoms with E-state index in [9.17, 15) is 9.59 Å². The highest BCUT2D eigenvalue weighted by Crippen LogP contribution is 2.29. The predicted octanol–water partition coefficient (Wildman–Crippen LogP) is 2.80. The zero-order valence-electron chi connectivity index (χ0n) is 14.7. The van der Waals surface area contributed by atoms with Gasteiger partial charge in [0.05, 0.1) is 17.3 Å². The van der Waals surface area contributed by atoms with Crippen LogP contribution in [0.3, 0.4) is 0 Å². The van der Waals surface area contributed by atoms with Crippen LogP contribution >= 0.6 is 0 Å². The molecule has 2 fully saturated rings. The number of anilines is 2. The lowest BCUT2D eigenvalue weighted by Crippen LogP contribution is -2.46. The number of benzene rings is 1. The van der Waals surface area contributed by atoms with Crippen molar-refractivity contribution in [2.45, 2.75) is 38.5 Å². The van der Waals surface area contributed by atoms with E-state index in [-0.39, 0.29) is 11.8 Å². The highest BCUT2D eigenvalue weighted by molar-refractivity contribution is 5.96. The number of urea groups is 1. The van der Waals surface area contributed by atoms with E-state index < -0.39 is 6.03 Å². The molecule has 0 unspecified atom stereocenters. The van der Waals surface area contributed by atoms with Crippen LogP contribution < -0.4 is 16.0 Å². The van der Waals surface area contributed by atoms with Gasteiger partial charge in [0.1, 0.15) is 0 Å². The Labute approximate surface area is 149 Å². The standard InChI is InChI=1S/C19H28N4O2/c20-19(25)23-13-7-8-15(14-23)18(24)21-16-9-3-4-10-17(16)22-11-5-1-2-6-12-22/h3-4,9-10,15H,1-2,5-8,11-14H2,(H2,20,25)(H,21,24)/t15-/m1/s1. The molecule has 2 aliphatic heterocycles. The third-order valence-corrected chi connectivity index (χ3v) is 5.21. The summed E-state index contributed by atoms with van der Waals surface area (Å²) in [6, 6.07) is 7.57. The molecule has 0 aliphatic carbocycles. The average molecular weight is 344 g/mol. The number of likely N-dealkylation sites (tertiary alicyclic amines) is 1. The van der Waals surface area contributed by atoms with Gasteiger partial charge in [0, 0.05) is 26.2 Å². The van der Waals surface area contributed by atoms with Gasteiger partial charge in [-0.15, -0.1) is 0 Å². The van der Waals surface area contributed by atoms with E-state index in [1.165, 1.54) is 25.7 Å². The summed E-state index contributed by atoms with van der Waals surface area (Å²) in [7, 11) is 0. The summed E-state index contributed by atoms with van der Waals surface area (Å²) < 4.78 is 0. The van der Waals surface area contributed by atoms with E-state index in [1.807, 2.05) is 18.2 Å². The van der Waals surface area contributed by atoms with Gasteiger partial charge >= 0.3 is 6.03 Å². The number of nitrogens with two attached hydrogens (primary N) is 1. The van der Waals surface area contributed by atoms with Crippen LogP contribution in [-0.4, -0.2) is 43.0 Å². The molecule has 3 N–H and O–H groups in total. The number of amides is 3. The van der Waals surface area contributed by atoms with Crippen LogP contribution in [0, 0.1) is 5.92 Å². The number of piperidine rings is 1. The first kappa shape index (κ1) is 17.6. The van der Waals surface area contributed by atoms with Crippen LogP contribution in [0.25, 0.3) is 0 Å². The van der Waals surface area contributed by atoms with Gasteiger partial charge in [-0.2, -0.15) is 0 Å². The molecule has 0 spiro atoms. The molecule has 0 aromatic heterocycles. The number of rotatable bonds is 3. The van der Waals surface area contributed by atoms with Gasteiger partial charge in [-0.05, 0) is 37.8 Å². The Kier molecular flexibility index (Phi) is 5.79. The molecule has 0 radical (unpaired) electrons. The quantitative estimate of drug-likeness (QED) is 0.885. The zero-order chi connectivity index (χ0) is 17.6. The topological polar surface area (TPSA) is 78.7 Å². The number of para-hydroxylation sites is 2. The molecule has 1 aromatic carbocycles. The first-order valence-corrected chi connectivity index (χ1v) is 9.34. The summed E-state index contributed by atoms with van der Waals surface area (Å²) in [4.78, 5) is 28.1. The Hall–Kier alpha value is -2.24. The Morgan fingerprint density at radius 2 is 1.72 bits per heavy atom. The largest absolute Gasteiger partial charge is 0.370 e. The van der Waals surface area contributed by atoms with Crippen LogP contribution in [0.4, 0.5) is 16.2 Å². The monoisotopic (exact) mass is 344 g/mol. The Morgan fingerprint density at radius 1 is 1.00 bits per heavy atom. The summed E-state index contributed by atoms with van der Waals surface area (Å²) in [5, 5.41) is 3.10. The van der Waals surface area contributed by atoms with Crippen molar-refractivity contribution >= 4 is 23.3 Å². The molecule has 2 aliphatic rings. The summed E-state index contributed by atoms with van der Waals surface area (Å²) >= 11 is 0. The summed E-state index contributed by atoms with van der Waals surface area (Å²) in [6.07, 6.45) is 6.54. The van der Waals surface area contributed by atoms with Crippen molar-refractivity contribution in [1.82, 2.24) is 4.90 Å². The maximum Gasteiger partial charge on any atom is 0.314 e. The van der Waals surface area contributed by atoms with Gasteiger partial charge in [-0.1, -0.05) is 25.0 Å². The van der Waals surface area contributed by atoms with Crippen molar-refractivity contribution < 1.29 is 9.59 Å². The number of carbonyl (C=O) groups is 2. The Balaban J connectivity index is 1.69. The van der Waals surface area contributed by atoms with Crippen molar-refractivity contribution in [2.75, 3.05) is 36.4 Å². The van der Waals surface area contributed by atoms with E-state index >= 15 is 0 Å². The molecule has 0 bridgehead atoms. The molecule has 136 valence electrons. The van der Waals surface area contributed by atoms with E-state index in [4.69, 9.17) is 5.73 Å². The second-order valence-electron chi connectivity index (χ2n) is 7.03. The third-order valence-electron chi connectivity index (χ3n) is 5.21. The minimum Gasteiger partial charge on any atom is -0.370 e. The molecule has 25 heavy (non-hydrogen) atoms. The molecule has 6 heteroatoms. The van der Waals surface area contributed by atoms with E-state index in [2.05, 4.69) is 16.3 Å². The lowest BCUT2D eigenvalue weighted by Gasteiger charge is -2.31. The van der Waals surface area contributed by atoms with Crippen LogP contribution in [0.5, 0.6) is 0 Å². The number of primary amides is 1. The highest BCUT2D eigenvalue weighted by Gasteiger charge is 2.28. The van der Waals surface area contributed by atoms with E-state index in [0.717, 1.165) is 37.3 Å². The number of carbonyl (C=O) groups excluding carboxylic acids is 2. The highest BCUT2D eigenvalue weighted by atomic mass is 16.2. The molecular weight excluding hydrogens is 316 g/mol. The van der Waals surface area contributed by atoms with Crippen molar-refractivity contribution in [2.24, 2.45) is 11.7 Å². The molecule has 2 heterocycles. The molecular formula is C19H28N4O2. The van der Waals surface area contributed by atoms with Crippen molar-refractivity contribution in [3.63, 3.8) is 0 Å². The SMILES string of the molecule is NC(=O)N1CCC[C@@H](C(=O)Nc2ccccc2N2CCCCCC2)C1. The fourth-order valence-corrected chi connectivity index (χ4v) is 3.79. The van der Waals surface area contributed by atoms with E-state index in [1.54, 1.807) is 4.90 Å². The van der Waals surface area contributed by atoms with Crippen LogP contribution in [0.15, 0.2) is 24.3 Å². The molecule has 2 saturated heterocycles. The van der Waals surface area contributed by atoms with Gasteiger partial charge in [0.25, 0.3) is 0 Å². The molecule has 3 rings (SSSR count). The Morgan fingerprint density at radius 3 is 2.44 bits per heavy atom. The normalized spacial score (nSPS) is 21.5. The van der Waals surface area contributed by atoms with Crippen molar-refractivity contribution in [3.8, 4) is 0 Å². The first-order chi connectivity index (χ1) is 12.1. The summed E-state index contributed by atoms with van der Waals surface area (Å²) in [5.41, 5.74) is 7.33. The smallest absolute Gasteiger partial charge is 0.314 e. The van der Waals surface area contributed by atoms with Crippen molar-refractivity contribution in [1.29, 1.82) is 0 Å². The molecule has 6 nitrogen and oxygen atoms in total. The lowest BCUT2D eigenvalue weighted by atomic mass is 9.97. The lowest BCUT2D eigenvalue weighted by molar-refractivity contribution is -0.121.